The molecule has 3 nitrogen and oxygen atoms in total. The molecule has 1 aliphatic heterocycles. The van der Waals surface area contributed by atoms with Crippen LogP contribution in [0.2, 0.25) is 0 Å². The van der Waals surface area contributed by atoms with Crippen molar-refractivity contribution in [3.63, 3.8) is 0 Å². The van der Waals surface area contributed by atoms with Gasteiger partial charge in [-0.3, -0.25) is 0 Å². The Hall–Kier alpha value is -1.19. The van der Waals surface area contributed by atoms with Crippen LogP contribution < -0.4 is 4.90 Å². The zero-order valence-corrected chi connectivity index (χ0v) is 8.28. The zero-order valence-electron chi connectivity index (χ0n) is 8.28. The van der Waals surface area contributed by atoms with Gasteiger partial charge in [0.05, 0.1) is 0 Å². The summed E-state index contributed by atoms with van der Waals surface area (Å²) in [7, 11) is 0. The van der Waals surface area contributed by atoms with Gasteiger partial charge >= 0.3 is 0 Å². The molecular weight excluding hydrogens is 181 g/mol. The second kappa shape index (κ2) is 3.90. The van der Waals surface area contributed by atoms with E-state index in [1.807, 2.05) is 0 Å². The number of halogens is 1. The fourth-order valence-electron chi connectivity index (χ4n) is 1.89. The van der Waals surface area contributed by atoms with Crippen molar-refractivity contribution >= 4 is 5.82 Å². The summed E-state index contributed by atoms with van der Waals surface area (Å²) in [5.41, 5.74) is 0. The van der Waals surface area contributed by atoms with E-state index in [4.69, 9.17) is 0 Å². The molecule has 0 spiro atoms. The van der Waals surface area contributed by atoms with Crippen molar-refractivity contribution in [1.29, 1.82) is 0 Å². The first kappa shape index (κ1) is 9.37. The quantitative estimate of drug-likeness (QED) is 0.640. The van der Waals surface area contributed by atoms with E-state index < -0.39 is 5.95 Å². The molecule has 0 radical (unpaired) electrons. The summed E-state index contributed by atoms with van der Waals surface area (Å²) < 4.78 is 12.8. The summed E-state index contributed by atoms with van der Waals surface area (Å²) in [6.45, 7) is 4.15. The van der Waals surface area contributed by atoms with Crippen molar-refractivity contribution in [2.24, 2.45) is 5.92 Å². The molecule has 1 unspecified atom stereocenters. The number of nitrogens with zero attached hydrogens (tertiary/aromatic N) is 3. The first-order valence-electron chi connectivity index (χ1n) is 4.98. The van der Waals surface area contributed by atoms with Gasteiger partial charge in [0, 0.05) is 19.2 Å². The number of hydrogen-bond donors (Lipinski definition) is 0. The van der Waals surface area contributed by atoms with Gasteiger partial charge in [-0.1, -0.05) is 6.92 Å². The Balaban J connectivity index is 2.14. The van der Waals surface area contributed by atoms with E-state index in [-0.39, 0.29) is 0 Å². The van der Waals surface area contributed by atoms with Crippen LogP contribution in [0.3, 0.4) is 0 Å². The molecule has 4 heteroatoms. The third-order valence-corrected chi connectivity index (χ3v) is 2.60. The average Bonchev–Trinajstić information content (AvgIpc) is 2.18. The predicted molar refractivity (Wildman–Crippen MR) is 52.6 cm³/mol. The van der Waals surface area contributed by atoms with E-state index >= 15 is 0 Å². The van der Waals surface area contributed by atoms with Crippen molar-refractivity contribution in [2.75, 3.05) is 18.0 Å². The molecule has 2 heterocycles. The van der Waals surface area contributed by atoms with Gasteiger partial charge < -0.3 is 4.90 Å². The van der Waals surface area contributed by atoms with Crippen molar-refractivity contribution < 1.29 is 4.39 Å². The van der Waals surface area contributed by atoms with Crippen molar-refractivity contribution in [3.05, 3.63) is 18.3 Å². The lowest BCUT2D eigenvalue weighted by Gasteiger charge is -2.31. The Labute approximate surface area is 83.0 Å². The highest BCUT2D eigenvalue weighted by atomic mass is 19.1. The third kappa shape index (κ3) is 2.00. The van der Waals surface area contributed by atoms with Crippen molar-refractivity contribution in [1.82, 2.24) is 9.97 Å². The van der Waals surface area contributed by atoms with Crippen LogP contribution in [0, 0.1) is 11.9 Å². The van der Waals surface area contributed by atoms with Crippen LogP contribution >= 0.6 is 0 Å². The van der Waals surface area contributed by atoms with E-state index in [9.17, 15) is 4.39 Å². The number of anilines is 1. The Morgan fingerprint density at radius 3 is 3.07 bits per heavy atom. The lowest BCUT2D eigenvalue weighted by molar-refractivity contribution is 0.443. The molecule has 1 aromatic rings. The molecule has 14 heavy (non-hydrogen) atoms. The van der Waals surface area contributed by atoms with Crippen molar-refractivity contribution in [2.45, 2.75) is 19.8 Å². The summed E-state index contributed by atoms with van der Waals surface area (Å²) in [6, 6.07) is 1.40. The molecule has 1 atom stereocenters. The summed E-state index contributed by atoms with van der Waals surface area (Å²) in [5, 5.41) is 0. The fraction of sp³-hybridized carbons (Fsp3) is 0.600. The van der Waals surface area contributed by atoms with Gasteiger partial charge in [-0.15, -0.1) is 0 Å². The van der Waals surface area contributed by atoms with Crippen LogP contribution in [0.15, 0.2) is 12.4 Å². The molecule has 76 valence electrons. The Bertz CT molecular complexity index is 316. The van der Waals surface area contributed by atoms with Crippen LogP contribution in [0.1, 0.15) is 19.8 Å². The van der Waals surface area contributed by atoms with Crippen LogP contribution in [0.4, 0.5) is 10.2 Å². The van der Waals surface area contributed by atoms with Crippen LogP contribution in [-0.4, -0.2) is 23.1 Å². The summed E-state index contributed by atoms with van der Waals surface area (Å²) in [4.78, 5) is 9.65. The van der Waals surface area contributed by atoms with Crippen LogP contribution in [0.5, 0.6) is 0 Å². The summed E-state index contributed by atoms with van der Waals surface area (Å²) >= 11 is 0. The normalized spacial score (nSPS) is 22.4. The maximum atomic E-state index is 12.8. The van der Waals surface area contributed by atoms with Gasteiger partial charge in [0.1, 0.15) is 12.1 Å². The maximum Gasteiger partial charge on any atom is 0.218 e. The SMILES string of the molecule is CC1CCCN(c2cc(F)ncn2)C1. The second-order valence-electron chi connectivity index (χ2n) is 3.89. The lowest BCUT2D eigenvalue weighted by atomic mass is 10.0. The minimum absolute atomic E-state index is 0.451. The highest BCUT2D eigenvalue weighted by Crippen LogP contribution is 2.20. The second-order valence-corrected chi connectivity index (χ2v) is 3.89. The average molecular weight is 195 g/mol. The topological polar surface area (TPSA) is 29.0 Å². The molecule has 0 bridgehead atoms. The van der Waals surface area contributed by atoms with Gasteiger partial charge in [0.2, 0.25) is 5.95 Å². The number of aromatic nitrogens is 2. The molecule has 0 amide bonds. The summed E-state index contributed by atoms with van der Waals surface area (Å²) in [5.74, 6) is 0.930. The van der Waals surface area contributed by atoms with E-state index in [1.54, 1.807) is 0 Å². The standard InChI is InChI=1S/C10H14FN3/c1-8-3-2-4-14(6-8)10-5-9(11)12-7-13-10/h5,7-8H,2-4,6H2,1H3. The van der Waals surface area contributed by atoms with Gasteiger partial charge in [-0.25, -0.2) is 9.97 Å². The number of rotatable bonds is 1. The Kier molecular flexibility index (Phi) is 2.61. The monoisotopic (exact) mass is 195 g/mol. The third-order valence-electron chi connectivity index (χ3n) is 2.60. The van der Waals surface area contributed by atoms with Crippen LogP contribution in [0.25, 0.3) is 0 Å². The lowest BCUT2D eigenvalue weighted by Crippen LogP contribution is -2.34. The molecule has 1 aromatic heterocycles. The van der Waals surface area contributed by atoms with Crippen molar-refractivity contribution in [3.8, 4) is 0 Å². The smallest absolute Gasteiger partial charge is 0.218 e. The molecule has 0 aromatic carbocycles. The molecule has 0 N–H and O–H groups in total. The molecule has 1 saturated heterocycles. The van der Waals surface area contributed by atoms with Gasteiger partial charge in [-0.05, 0) is 18.8 Å². The summed E-state index contributed by atoms with van der Waals surface area (Å²) in [6.07, 6.45) is 3.70. The minimum Gasteiger partial charge on any atom is -0.356 e. The minimum atomic E-state index is -0.451. The van der Waals surface area contributed by atoms with E-state index in [1.165, 1.54) is 18.8 Å². The largest absolute Gasteiger partial charge is 0.356 e. The Morgan fingerprint density at radius 1 is 1.50 bits per heavy atom. The molecule has 0 saturated carbocycles. The molecule has 2 rings (SSSR count). The fourth-order valence-corrected chi connectivity index (χ4v) is 1.89. The predicted octanol–water partition coefficient (Wildman–Crippen LogP) is 1.85. The van der Waals surface area contributed by atoms with Crippen LogP contribution in [-0.2, 0) is 0 Å². The van der Waals surface area contributed by atoms with Gasteiger partial charge in [0.15, 0.2) is 0 Å². The first-order valence-corrected chi connectivity index (χ1v) is 4.98. The van der Waals surface area contributed by atoms with E-state index in [2.05, 4.69) is 21.8 Å². The van der Waals surface area contributed by atoms with E-state index in [0.29, 0.717) is 11.7 Å². The Morgan fingerprint density at radius 2 is 2.36 bits per heavy atom. The molecule has 1 aliphatic rings. The highest BCUT2D eigenvalue weighted by Gasteiger charge is 2.17. The zero-order chi connectivity index (χ0) is 9.97. The van der Waals surface area contributed by atoms with E-state index in [0.717, 1.165) is 19.5 Å². The number of piperidine rings is 1. The van der Waals surface area contributed by atoms with Gasteiger partial charge in [-0.2, -0.15) is 4.39 Å². The maximum absolute atomic E-state index is 12.8. The first-order chi connectivity index (χ1) is 6.75. The molecule has 0 aliphatic carbocycles. The number of hydrogen-bond acceptors (Lipinski definition) is 3. The van der Waals surface area contributed by atoms with Gasteiger partial charge in [0.25, 0.3) is 0 Å². The molecular formula is C10H14FN3. The highest BCUT2D eigenvalue weighted by molar-refractivity contribution is 5.37. The molecule has 1 fully saturated rings.